The van der Waals surface area contributed by atoms with Crippen molar-refractivity contribution >= 4 is 28.7 Å². The Kier molecular flexibility index (Phi) is 4.06. The van der Waals surface area contributed by atoms with Crippen LogP contribution in [0.4, 0.5) is 4.39 Å². The molecular formula is C18H17FN2OS2. The quantitative estimate of drug-likeness (QED) is 0.844. The number of halogens is 1. The minimum absolute atomic E-state index is 0.288. The van der Waals surface area contributed by atoms with Crippen molar-refractivity contribution in [1.82, 2.24) is 4.90 Å². The molecule has 2 aromatic rings. The van der Waals surface area contributed by atoms with Crippen LogP contribution >= 0.6 is 23.5 Å². The molecule has 0 bridgehead atoms. The van der Waals surface area contributed by atoms with E-state index in [0.717, 1.165) is 23.0 Å². The topological polar surface area (TPSA) is 35.8 Å². The van der Waals surface area contributed by atoms with Crippen molar-refractivity contribution in [2.75, 3.05) is 18.6 Å². The monoisotopic (exact) mass is 360 g/mol. The summed E-state index contributed by atoms with van der Waals surface area (Å²) in [4.78, 5) is 7.95. The number of nitrogens with zero attached hydrogens (tertiary/aromatic N) is 2. The van der Waals surface area contributed by atoms with Crippen molar-refractivity contribution in [2.24, 2.45) is 4.99 Å². The molecule has 124 valence electrons. The van der Waals surface area contributed by atoms with E-state index in [9.17, 15) is 9.50 Å². The van der Waals surface area contributed by atoms with Gasteiger partial charge in [-0.1, -0.05) is 36.0 Å². The number of hydrogen-bond donors (Lipinski definition) is 1. The Bertz CT molecular complexity index is 779. The molecule has 1 fully saturated rings. The molecule has 2 aromatic carbocycles. The first-order chi connectivity index (χ1) is 11.6. The SMILES string of the molecule is CSc1ccc(C2N3CCSC3=NC2(O)c2ccc(F)cc2)cc1. The van der Waals surface area contributed by atoms with Crippen molar-refractivity contribution in [1.29, 1.82) is 0 Å². The Morgan fingerprint density at radius 3 is 2.58 bits per heavy atom. The summed E-state index contributed by atoms with van der Waals surface area (Å²) in [5.74, 6) is 0.654. The summed E-state index contributed by atoms with van der Waals surface area (Å²) in [7, 11) is 0. The number of thioether (sulfide) groups is 2. The van der Waals surface area contributed by atoms with E-state index in [4.69, 9.17) is 0 Å². The van der Waals surface area contributed by atoms with E-state index in [-0.39, 0.29) is 11.9 Å². The van der Waals surface area contributed by atoms with Crippen molar-refractivity contribution in [3.63, 3.8) is 0 Å². The molecule has 3 nitrogen and oxygen atoms in total. The number of aliphatic imine (C=N–C) groups is 1. The van der Waals surface area contributed by atoms with Gasteiger partial charge in [-0.3, -0.25) is 0 Å². The van der Waals surface area contributed by atoms with Gasteiger partial charge >= 0.3 is 0 Å². The molecule has 0 radical (unpaired) electrons. The third-order valence-corrected chi connectivity index (χ3v) is 6.18. The minimum Gasteiger partial charge on any atom is -0.364 e. The highest BCUT2D eigenvalue weighted by molar-refractivity contribution is 8.14. The highest BCUT2D eigenvalue weighted by Gasteiger charge is 2.51. The Labute approximate surface area is 149 Å². The van der Waals surface area contributed by atoms with E-state index in [1.165, 1.54) is 17.0 Å². The molecule has 0 aromatic heterocycles. The molecular weight excluding hydrogens is 343 g/mol. The molecule has 4 rings (SSSR count). The summed E-state index contributed by atoms with van der Waals surface area (Å²) < 4.78 is 13.3. The second-order valence-electron chi connectivity index (χ2n) is 5.84. The molecule has 0 amide bonds. The molecule has 0 aliphatic carbocycles. The zero-order valence-electron chi connectivity index (χ0n) is 13.1. The smallest absolute Gasteiger partial charge is 0.210 e. The molecule has 0 saturated carbocycles. The number of hydrogen-bond acceptors (Lipinski definition) is 5. The molecule has 1 saturated heterocycles. The molecule has 2 aliphatic rings. The van der Waals surface area contributed by atoms with E-state index < -0.39 is 5.72 Å². The van der Waals surface area contributed by atoms with Gasteiger partial charge in [-0.05, 0) is 36.1 Å². The van der Waals surface area contributed by atoms with Crippen LogP contribution in [0.15, 0.2) is 58.4 Å². The fraction of sp³-hybridized carbons (Fsp3) is 0.278. The van der Waals surface area contributed by atoms with Gasteiger partial charge in [0.05, 0.1) is 0 Å². The second kappa shape index (κ2) is 6.10. The first-order valence-corrected chi connectivity index (χ1v) is 9.94. The lowest BCUT2D eigenvalue weighted by Crippen LogP contribution is -2.37. The number of amidine groups is 1. The van der Waals surface area contributed by atoms with E-state index in [1.54, 1.807) is 35.7 Å². The van der Waals surface area contributed by atoms with Crippen molar-refractivity contribution < 1.29 is 9.50 Å². The summed E-state index contributed by atoms with van der Waals surface area (Å²) in [6.07, 6.45) is 2.04. The zero-order valence-corrected chi connectivity index (χ0v) is 14.8. The summed E-state index contributed by atoms with van der Waals surface area (Å²) in [6, 6.07) is 13.9. The standard InChI is InChI=1S/C18H17FN2OS2/c1-23-15-8-2-12(3-9-15)16-18(22,13-4-6-14(19)7-5-13)20-17-21(16)10-11-24-17/h2-9,16,22H,10-11H2,1H3. The first-order valence-electron chi connectivity index (χ1n) is 7.73. The van der Waals surface area contributed by atoms with Gasteiger partial charge < -0.3 is 10.0 Å². The third kappa shape index (κ3) is 2.53. The van der Waals surface area contributed by atoms with E-state index in [0.29, 0.717) is 5.56 Å². The molecule has 2 unspecified atom stereocenters. The van der Waals surface area contributed by atoms with Gasteiger partial charge in [-0.15, -0.1) is 11.8 Å². The van der Waals surface area contributed by atoms with Crippen LogP contribution < -0.4 is 0 Å². The Balaban J connectivity index is 1.80. The molecule has 1 N–H and O–H groups in total. The second-order valence-corrected chi connectivity index (χ2v) is 7.79. The average Bonchev–Trinajstić information content (AvgIpc) is 3.14. The lowest BCUT2D eigenvalue weighted by atomic mass is 9.90. The van der Waals surface area contributed by atoms with Gasteiger partial charge in [-0.2, -0.15) is 0 Å². The van der Waals surface area contributed by atoms with Crippen molar-refractivity contribution in [2.45, 2.75) is 16.7 Å². The Hall–Kier alpha value is -1.50. The van der Waals surface area contributed by atoms with Gasteiger partial charge in [0, 0.05) is 22.8 Å². The van der Waals surface area contributed by atoms with Crippen LogP contribution in [-0.2, 0) is 5.72 Å². The maximum Gasteiger partial charge on any atom is 0.210 e. The number of fused-ring (bicyclic) bond motifs is 1. The Morgan fingerprint density at radius 1 is 1.21 bits per heavy atom. The summed E-state index contributed by atoms with van der Waals surface area (Å²) >= 11 is 3.34. The van der Waals surface area contributed by atoms with Crippen LogP contribution in [0, 0.1) is 5.82 Å². The molecule has 2 heterocycles. The number of benzene rings is 2. The molecule has 2 aliphatic heterocycles. The summed E-state index contributed by atoms with van der Waals surface area (Å²) in [5.41, 5.74) is 0.239. The lowest BCUT2D eigenvalue weighted by Gasteiger charge is -2.33. The first kappa shape index (κ1) is 16.0. The van der Waals surface area contributed by atoms with Crippen molar-refractivity contribution in [3.8, 4) is 0 Å². The number of rotatable bonds is 3. The maximum atomic E-state index is 13.3. The van der Waals surface area contributed by atoms with Gasteiger partial charge in [0.15, 0.2) is 5.17 Å². The highest BCUT2D eigenvalue weighted by atomic mass is 32.2. The van der Waals surface area contributed by atoms with Crippen molar-refractivity contribution in [3.05, 3.63) is 65.5 Å². The summed E-state index contributed by atoms with van der Waals surface area (Å²) in [6.45, 7) is 0.849. The minimum atomic E-state index is -1.39. The van der Waals surface area contributed by atoms with Crippen LogP contribution in [0.1, 0.15) is 17.2 Å². The van der Waals surface area contributed by atoms with Gasteiger partial charge in [-0.25, -0.2) is 9.38 Å². The molecule has 0 spiro atoms. The van der Waals surface area contributed by atoms with E-state index in [1.807, 2.05) is 18.4 Å². The summed E-state index contributed by atoms with van der Waals surface area (Å²) in [5, 5.41) is 12.3. The predicted octanol–water partition coefficient (Wildman–Crippen LogP) is 3.85. The van der Waals surface area contributed by atoms with Crippen LogP contribution in [-0.4, -0.2) is 33.7 Å². The third-order valence-electron chi connectivity index (χ3n) is 4.47. The average molecular weight is 360 g/mol. The van der Waals surface area contributed by atoms with E-state index >= 15 is 0 Å². The van der Waals surface area contributed by atoms with Gasteiger partial charge in [0.2, 0.25) is 5.72 Å². The largest absolute Gasteiger partial charge is 0.364 e. The fourth-order valence-electron chi connectivity index (χ4n) is 3.29. The maximum absolute atomic E-state index is 13.3. The zero-order chi connectivity index (χ0) is 16.7. The van der Waals surface area contributed by atoms with Crippen LogP contribution in [0.25, 0.3) is 0 Å². The lowest BCUT2D eigenvalue weighted by molar-refractivity contribution is -0.00600. The highest BCUT2D eigenvalue weighted by Crippen LogP contribution is 2.49. The number of aliphatic hydroxyl groups is 1. The molecule has 24 heavy (non-hydrogen) atoms. The fourth-order valence-corrected chi connectivity index (χ4v) is 4.74. The predicted molar refractivity (Wildman–Crippen MR) is 97.9 cm³/mol. The normalized spacial score (nSPS) is 25.7. The van der Waals surface area contributed by atoms with Crippen LogP contribution in [0.2, 0.25) is 0 Å². The van der Waals surface area contributed by atoms with E-state index in [2.05, 4.69) is 22.0 Å². The Morgan fingerprint density at radius 2 is 1.92 bits per heavy atom. The van der Waals surface area contributed by atoms with Crippen LogP contribution in [0.5, 0.6) is 0 Å². The molecule has 2 atom stereocenters. The van der Waals surface area contributed by atoms with Gasteiger partial charge in [0.25, 0.3) is 0 Å². The van der Waals surface area contributed by atoms with Gasteiger partial charge in [0.1, 0.15) is 11.9 Å². The molecule has 6 heteroatoms. The van der Waals surface area contributed by atoms with Crippen LogP contribution in [0.3, 0.4) is 0 Å².